The van der Waals surface area contributed by atoms with E-state index in [-0.39, 0.29) is 5.76 Å². The van der Waals surface area contributed by atoms with Gasteiger partial charge in [-0.2, -0.15) is 0 Å². The lowest BCUT2D eigenvalue weighted by molar-refractivity contribution is 0.110. The number of carbonyl (C=O) groups is 1. The summed E-state index contributed by atoms with van der Waals surface area (Å²) < 4.78 is 5.24. The molecule has 0 amide bonds. The standard InChI is InChI=1S/C11H7Cl2NO2/c12-9-4-6(14)3-8(11(9)13)10-2-1-7(5-15)16-10/h1-5H,14H2. The maximum Gasteiger partial charge on any atom is 0.185 e. The van der Waals surface area contributed by atoms with Gasteiger partial charge in [-0.25, -0.2) is 0 Å². The molecular weight excluding hydrogens is 249 g/mol. The van der Waals surface area contributed by atoms with Crippen LogP contribution in [0.15, 0.2) is 28.7 Å². The molecule has 2 aromatic rings. The molecule has 5 heteroatoms. The number of halogens is 2. The fourth-order valence-electron chi connectivity index (χ4n) is 1.35. The molecule has 0 aliphatic heterocycles. The highest BCUT2D eigenvalue weighted by atomic mass is 35.5. The maximum atomic E-state index is 10.5. The Labute approximate surface area is 102 Å². The number of nitrogens with two attached hydrogens (primary N) is 1. The third-order valence-corrected chi connectivity index (χ3v) is 2.86. The Balaban J connectivity index is 2.58. The molecule has 1 aromatic heterocycles. The first-order chi connectivity index (χ1) is 7.61. The van der Waals surface area contributed by atoms with Gasteiger partial charge < -0.3 is 10.2 Å². The van der Waals surface area contributed by atoms with Crippen molar-refractivity contribution in [2.75, 3.05) is 5.73 Å². The van der Waals surface area contributed by atoms with Gasteiger partial charge in [-0.05, 0) is 24.3 Å². The summed E-state index contributed by atoms with van der Waals surface area (Å²) in [6.45, 7) is 0. The van der Waals surface area contributed by atoms with Crippen molar-refractivity contribution in [1.29, 1.82) is 0 Å². The Morgan fingerprint density at radius 3 is 2.62 bits per heavy atom. The van der Waals surface area contributed by atoms with Gasteiger partial charge in [-0.15, -0.1) is 0 Å². The average molecular weight is 256 g/mol. The van der Waals surface area contributed by atoms with Crippen LogP contribution in [0.3, 0.4) is 0 Å². The van der Waals surface area contributed by atoms with Crippen molar-refractivity contribution in [3.8, 4) is 11.3 Å². The average Bonchev–Trinajstić information content (AvgIpc) is 2.71. The number of rotatable bonds is 2. The van der Waals surface area contributed by atoms with Gasteiger partial charge in [-0.3, -0.25) is 4.79 Å². The van der Waals surface area contributed by atoms with Crippen molar-refractivity contribution in [3.05, 3.63) is 40.1 Å². The number of hydrogen-bond acceptors (Lipinski definition) is 3. The van der Waals surface area contributed by atoms with Crippen LogP contribution >= 0.6 is 23.2 Å². The fraction of sp³-hybridized carbons (Fsp3) is 0. The molecule has 2 N–H and O–H groups in total. The lowest BCUT2D eigenvalue weighted by Crippen LogP contribution is -1.87. The van der Waals surface area contributed by atoms with Gasteiger partial charge in [0.1, 0.15) is 5.76 Å². The van der Waals surface area contributed by atoms with Crippen molar-refractivity contribution in [2.24, 2.45) is 0 Å². The van der Waals surface area contributed by atoms with Crippen LogP contribution in [0.2, 0.25) is 10.0 Å². The van der Waals surface area contributed by atoms with Crippen LogP contribution in [-0.4, -0.2) is 6.29 Å². The summed E-state index contributed by atoms with van der Waals surface area (Å²) in [5, 5.41) is 0.698. The molecule has 2 rings (SSSR count). The number of furan rings is 1. The Hall–Kier alpha value is -1.45. The largest absolute Gasteiger partial charge is 0.453 e. The molecule has 1 aromatic carbocycles. The predicted molar refractivity (Wildman–Crippen MR) is 64.0 cm³/mol. The summed E-state index contributed by atoms with van der Waals surface area (Å²) in [6.07, 6.45) is 0.616. The Bertz CT molecular complexity index is 549. The molecule has 3 nitrogen and oxygen atoms in total. The summed E-state index contributed by atoms with van der Waals surface area (Å²) in [6, 6.07) is 6.38. The summed E-state index contributed by atoms with van der Waals surface area (Å²) in [5.41, 5.74) is 6.70. The SMILES string of the molecule is Nc1cc(Cl)c(Cl)c(-c2ccc(C=O)o2)c1. The van der Waals surface area contributed by atoms with Crippen molar-refractivity contribution in [1.82, 2.24) is 0 Å². The van der Waals surface area contributed by atoms with Crippen LogP contribution in [0.4, 0.5) is 5.69 Å². The second kappa shape index (κ2) is 4.20. The van der Waals surface area contributed by atoms with Crippen LogP contribution < -0.4 is 5.73 Å². The quantitative estimate of drug-likeness (QED) is 0.659. The van der Waals surface area contributed by atoms with E-state index in [1.807, 2.05) is 0 Å². The number of benzene rings is 1. The van der Waals surface area contributed by atoms with Gasteiger partial charge in [0.05, 0.1) is 10.0 Å². The van der Waals surface area contributed by atoms with E-state index >= 15 is 0 Å². The van der Waals surface area contributed by atoms with Crippen molar-refractivity contribution >= 4 is 35.2 Å². The molecule has 0 radical (unpaired) electrons. The minimum Gasteiger partial charge on any atom is -0.453 e. The molecule has 16 heavy (non-hydrogen) atoms. The Morgan fingerprint density at radius 1 is 1.25 bits per heavy atom. The van der Waals surface area contributed by atoms with E-state index < -0.39 is 0 Å². The number of aldehydes is 1. The van der Waals surface area contributed by atoms with Gasteiger partial charge in [0.15, 0.2) is 12.0 Å². The third kappa shape index (κ3) is 1.92. The number of carbonyl (C=O) groups excluding carboxylic acids is 1. The minimum atomic E-state index is 0.226. The first-order valence-electron chi connectivity index (χ1n) is 4.41. The zero-order chi connectivity index (χ0) is 11.7. The highest BCUT2D eigenvalue weighted by Crippen LogP contribution is 2.36. The second-order valence-electron chi connectivity index (χ2n) is 3.18. The van der Waals surface area contributed by atoms with Gasteiger partial charge in [0.25, 0.3) is 0 Å². The molecule has 0 saturated carbocycles. The van der Waals surface area contributed by atoms with Crippen molar-refractivity contribution < 1.29 is 9.21 Å². The topological polar surface area (TPSA) is 56.2 Å². The van der Waals surface area contributed by atoms with Crippen LogP contribution in [0, 0.1) is 0 Å². The molecule has 0 atom stereocenters. The molecular formula is C11H7Cl2NO2. The first-order valence-corrected chi connectivity index (χ1v) is 5.17. The smallest absolute Gasteiger partial charge is 0.185 e. The van der Waals surface area contributed by atoms with E-state index in [0.29, 0.717) is 33.3 Å². The molecule has 1 heterocycles. The molecule has 0 aliphatic rings. The van der Waals surface area contributed by atoms with E-state index in [0.717, 1.165) is 0 Å². The fourth-order valence-corrected chi connectivity index (χ4v) is 1.78. The van der Waals surface area contributed by atoms with Gasteiger partial charge in [-0.1, -0.05) is 23.2 Å². The van der Waals surface area contributed by atoms with Crippen LogP contribution in [-0.2, 0) is 0 Å². The molecule has 82 valence electrons. The number of anilines is 1. The zero-order valence-electron chi connectivity index (χ0n) is 8.04. The zero-order valence-corrected chi connectivity index (χ0v) is 9.55. The molecule has 0 aliphatic carbocycles. The number of hydrogen-bond donors (Lipinski definition) is 1. The Kier molecular flexibility index (Phi) is 2.90. The van der Waals surface area contributed by atoms with Gasteiger partial charge >= 0.3 is 0 Å². The summed E-state index contributed by atoms with van der Waals surface area (Å²) >= 11 is 11.9. The lowest BCUT2D eigenvalue weighted by atomic mass is 10.1. The molecule has 0 saturated heterocycles. The highest BCUT2D eigenvalue weighted by Gasteiger charge is 2.12. The summed E-state index contributed by atoms with van der Waals surface area (Å²) in [7, 11) is 0. The van der Waals surface area contributed by atoms with Crippen molar-refractivity contribution in [3.63, 3.8) is 0 Å². The van der Waals surface area contributed by atoms with Crippen LogP contribution in [0.5, 0.6) is 0 Å². The summed E-state index contributed by atoms with van der Waals surface area (Å²) in [4.78, 5) is 10.5. The third-order valence-electron chi connectivity index (χ3n) is 2.06. The minimum absolute atomic E-state index is 0.226. The Morgan fingerprint density at radius 2 is 2.00 bits per heavy atom. The van der Waals surface area contributed by atoms with E-state index in [2.05, 4.69) is 0 Å². The van der Waals surface area contributed by atoms with Gasteiger partial charge in [0, 0.05) is 11.3 Å². The molecule has 0 spiro atoms. The number of nitrogen functional groups attached to an aromatic ring is 1. The van der Waals surface area contributed by atoms with Crippen LogP contribution in [0.1, 0.15) is 10.6 Å². The monoisotopic (exact) mass is 255 g/mol. The second-order valence-corrected chi connectivity index (χ2v) is 3.97. The predicted octanol–water partition coefficient (Wildman–Crippen LogP) is 3.65. The van der Waals surface area contributed by atoms with Crippen LogP contribution in [0.25, 0.3) is 11.3 Å². The normalized spacial score (nSPS) is 10.4. The summed E-state index contributed by atoms with van der Waals surface area (Å²) in [5.74, 6) is 0.686. The highest BCUT2D eigenvalue weighted by molar-refractivity contribution is 6.43. The molecule has 0 bridgehead atoms. The molecule has 0 fully saturated rings. The van der Waals surface area contributed by atoms with E-state index in [4.69, 9.17) is 33.4 Å². The first kappa shape index (κ1) is 11.0. The van der Waals surface area contributed by atoms with Crippen molar-refractivity contribution in [2.45, 2.75) is 0 Å². The van der Waals surface area contributed by atoms with E-state index in [9.17, 15) is 4.79 Å². The molecule has 0 unspecified atom stereocenters. The van der Waals surface area contributed by atoms with E-state index in [1.165, 1.54) is 0 Å². The lowest BCUT2D eigenvalue weighted by Gasteiger charge is -2.04. The maximum absolute atomic E-state index is 10.5. The van der Waals surface area contributed by atoms with E-state index in [1.54, 1.807) is 24.3 Å². The van der Waals surface area contributed by atoms with Gasteiger partial charge in [0.2, 0.25) is 0 Å².